The smallest absolute Gasteiger partial charge is 0.0850 e. The highest BCUT2D eigenvalue weighted by atomic mass is 35.5. The Bertz CT molecular complexity index is 424. The molecule has 1 atom stereocenters. The van der Waals surface area contributed by atoms with Gasteiger partial charge in [-0.2, -0.15) is 5.10 Å². The summed E-state index contributed by atoms with van der Waals surface area (Å²) in [4.78, 5) is 0. The molecule has 0 radical (unpaired) electrons. The molecule has 1 aliphatic rings. The molecule has 4 nitrogen and oxygen atoms in total. The van der Waals surface area contributed by atoms with Crippen LogP contribution in [0.1, 0.15) is 56.8 Å². The average molecular weight is 299 g/mol. The molecule has 1 aromatic heterocycles. The lowest BCUT2D eigenvalue weighted by atomic mass is 9.96. The van der Waals surface area contributed by atoms with Crippen LogP contribution in [0.2, 0.25) is 5.02 Å². The van der Waals surface area contributed by atoms with Crippen LogP contribution in [0.5, 0.6) is 0 Å². The van der Waals surface area contributed by atoms with E-state index >= 15 is 0 Å². The summed E-state index contributed by atoms with van der Waals surface area (Å²) in [5, 5.41) is 5.29. The highest BCUT2D eigenvalue weighted by Gasteiger charge is 2.20. The lowest BCUT2D eigenvalue weighted by Crippen LogP contribution is -2.37. The van der Waals surface area contributed by atoms with Crippen molar-refractivity contribution in [1.29, 1.82) is 0 Å². The van der Waals surface area contributed by atoms with Gasteiger partial charge in [-0.25, -0.2) is 0 Å². The Morgan fingerprint density at radius 3 is 2.70 bits per heavy atom. The Morgan fingerprint density at radius 1 is 1.45 bits per heavy atom. The molecular weight excluding hydrogens is 272 g/mol. The predicted octanol–water partition coefficient (Wildman–Crippen LogP) is 2.98. The molecule has 114 valence electrons. The summed E-state index contributed by atoms with van der Waals surface area (Å²) in [6, 6.07) is 0.285. The molecule has 0 saturated heterocycles. The van der Waals surface area contributed by atoms with Crippen LogP contribution in [0.15, 0.2) is 0 Å². The first-order valence-electron chi connectivity index (χ1n) is 7.82. The summed E-state index contributed by atoms with van der Waals surface area (Å²) >= 11 is 6.41. The van der Waals surface area contributed by atoms with E-state index in [-0.39, 0.29) is 6.04 Å². The fourth-order valence-electron chi connectivity index (χ4n) is 3.26. The molecule has 1 aromatic rings. The molecule has 3 N–H and O–H groups in total. The largest absolute Gasteiger partial charge is 0.271 e. The van der Waals surface area contributed by atoms with Crippen molar-refractivity contribution >= 4 is 11.6 Å². The Kier molecular flexibility index (Phi) is 5.87. The standard InChI is InChI=1S/C15H27ClN4/c1-3-13-15(16)14(20(2)19-13)10-12(18-17)9-8-11-6-4-5-7-11/h11-12,18H,3-10,17H2,1-2H3. The van der Waals surface area contributed by atoms with Gasteiger partial charge in [0, 0.05) is 19.5 Å². The summed E-state index contributed by atoms with van der Waals surface area (Å²) in [5.41, 5.74) is 5.03. The van der Waals surface area contributed by atoms with E-state index in [0.717, 1.165) is 41.6 Å². The normalized spacial score (nSPS) is 17.8. The summed E-state index contributed by atoms with van der Waals surface area (Å²) < 4.78 is 1.90. The number of rotatable bonds is 7. The average Bonchev–Trinajstić information content (AvgIpc) is 3.05. The van der Waals surface area contributed by atoms with Crippen molar-refractivity contribution in [1.82, 2.24) is 15.2 Å². The van der Waals surface area contributed by atoms with Crippen LogP contribution in [0, 0.1) is 5.92 Å². The zero-order valence-electron chi connectivity index (χ0n) is 12.7. The van der Waals surface area contributed by atoms with Crippen LogP contribution in [0.3, 0.4) is 0 Å². The van der Waals surface area contributed by atoms with Gasteiger partial charge in [0.2, 0.25) is 0 Å². The van der Waals surface area contributed by atoms with Crippen molar-refractivity contribution in [3.63, 3.8) is 0 Å². The maximum atomic E-state index is 6.41. The van der Waals surface area contributed by atoms with E-state index in [4.69, 9.17) is 17.4 Å². The minimum atomic E-state index is 0.285. The highest BCUT2D eigenvalue weighted by molar-refractivity contribution is 6.31. The molecule has 0 amide bonds. The molecule has 5 heteroatoms. The van der Waals surface area contributed by atoms with E-state index in [9.17, 15) is 0 Å². The maximum Gasteiger partial charge on any atom is 0.0850 e. The number of nitrogens with zero attached hydrogens (tertiary/aromatic N) is 2. The predicted molar refractivity (Wildman–Crippen MR) is 83.6 cm³/mol. The molecule has 0 aromatic carbocycles. The Balaban J connectivity index is 1.93. The third kappa shape index (κ3) is 3.74. The molecular formula is C15H27ClN4. The van der Waals surface area contributed by atoms with Gasteiger partial charge in [0.25, 0.3) is 0 Å². The number of hydrazine groups is 1. The lowest BCUT2D eigenvalue weighted by Gasteiger charge is -2.18. The number of nitrogens with two attached hydrogens (primary N) is 1. The van der Waals surface area contributed by atoms with Gasteiger partial charge in [-0.15, -0.1) is 0 Å². The van der Waals surface area contributed by atoms with Crippen molar-refractivity contribution in [2.24, 2.45) is 18.8 Å². The van der Waals surface area contributed by atoms with E-state index in [1.807, 2.05) is 11.7 Å². The topological polar surface area (TPSA) is 55.9 Å². The number of aromatic nitrogens is 2. The SMILES string of the molecule is CCc1nn(C)c(CC(CCC2CCCC2)NN)c1Cl. The van der Waals surface area contributed by atoms with E-state index in [2.05, 4.69) is 17.4 Å². The van der Waals surface area contributed by atoms with Crippen LogP contribution in [-0.2, 0) is 19.9 Å². The molecule has 1 aliphatic carbocycles. The Labute approximate surface area is 127 Å². The van der Waals surface area contributed by atoms with Gasteiger partial charge in [-0.3, -0.25) is 16.0 Å². The molecule has 0 aliphatic heterocycles. The van der Waals surface area contributed by atoms with Gasteiger partial charge in [0.1, 0.15) is 0 Å². The number of aryl methyl sites for hydroxylation is 2. The fraction of sp³-hybridized carbons (Fsp3) is 0.800. The Hall–Kier alpha value is -0.580. The monoisotopic (exact) mass is 298 g/mol. The summed E-state index contributed by atoms with van der Waals surface area (Å²) in [6.45, 7) is 2.08. The molecule has 2 rings (SSSR count). The molecule has 0 bridgehead atoms. The molecule has 1 saturated carbocycles. The van der Waals surface area contributed by atoms with Crippen molar-refractivity contribution in [3.8, 4) is 0 Å². The van der Waals surface area contributed by atoms with Gasteiger partial charge in [-0.1, -0.05) is 44.2 Å². The second-order valence-electron chi connectivity index (χ2n) is 5.98. The zero-order chi connectivity index (χ0) is 14.5. The molecule has 1 unspecified atom stereocenters. The van der Waals surface area contributed by atoms with Crippen LogP contribution in [-0.4, -0.2) is 15.8 Å². The third-order valence-electron chi connectivity index (χ3n) is 4.58. The van der Waals surface area contributed by atoms with Gasteiger partial charge in [0.05, 0.1) is 16.4 Å². The quantitative estimate of drug-likeness (QED) is 0.601. The number of hydrogen-bond acceptors (Lipinski definition) is 3. The third-order valence-corrected chi connectivity index (χ3v) is 5.01. The van der Waals surface area contributed by atoms with E-state index in [1.165, 1.54) is 32.1 Å². The van der Waals surface area contributed by atoms with E-state index in [1.54, 1.807) is 0 Å². The lowest BCUT2D eigenvalue weighted by molar-refractivity contribution is 0.402. The molecule has 20 heavy (non-hydrogen) atoms. The number of halogens is 1. The first-order chi connectivity index (χ1) is 9.65. The van der Waals surface area contributed by atoms with Gasteiger partial charge in [0.15, 0.2) is 0 Å². The molecule has 1 heterocycles. The van der Waals surface area contributed by atoms with Crippen LogP contribution in [0.4, 0.5) is 0 Å². The van der Waals surface area contributed by atoms with E-state index < -0.39 is 0 Å². The van der Waals surface area contributed by atoms with Crippen molar-refractivity contribution < 1.29 is 0 Å². The van der Waals surface area contributed by atoms with Crippen LogP contribution < -0.4 is 11.3 Å². The molecule has 0 spiro atoms. The van der Waals surface area contributed by atoms with Crippen LogP contribution >= 0.6 is 11.6 Å². The van der Waals surface area contributed by atoms with Crippen molar-refractivity contribution in [2.45, 2.75) is 64.3 Å². The first kappa shape index (κ1) is 15.8. The van der Waals surface area contributed by atoms with E-state index in [0.29, 0.717) is 0 Å². The second-order valence-corrected chi connectivity index (χ2v) is 6.36. The summed E-state index contributed by atoms with van der Waals surface area (Å²) in [5.74, 6) is 6.62. The number of nitrogens with one attached hydrogen (secondary N) is 1. The number of hydrogen-bond donors (Lipinski definition) is 2. The maximum absolute atomic E-state index is 6.41. The first-order valence-corrected chi connectivity index (χ1v) is 8.19. The minimum Gasteiger partial charge on any atom is -0.271 e. The van der Waals surface area contributed by atoms with Crippen LogP contribution in [0.25, 0.3) is 0 Å². The zero-order valence-corrected chi connectivity index (χ0v) is 13.4. The fourth-order valence-corrected chi connectivity index (χ4v) is 3.63. The van der Waals surface area contributed by atoms with Crippen molar-refractivity contribution in [2.75, 3.05) is 0 Å². The van der Waals surface area contributed by atoms with Gasteiger partial charge >= 0.3 is 0 Å². The van der Waals surface area contributed by atoms with Gasteiger partial charge in [-0.05, 0) is 25.2 Å². The van der Waals surface area contributed by atoms with Gasteiger partial charge < -0.3 is 0 Å². The highest BCUT2D eigenvalue weighted by Crippen LogP contribution is 2.30. The Morgan fingerprint density at radius 2 is 2.15 bits per heavy atom. The second kappa shape index (κ2) is 7.43. The van der Waals surface area contributed by atoms with Crippen molar-refractivity contribution in [3.05, 3.63) is 16.4 Å². The minimum absolute atomic E-state index is 0.285. The summed E-state index contributed by atoms with van der Waals surface area (Å²) in [6.07, 6.45) is 9.70. The molecule has 1 fully saturated rings. The summed E-state index contributed by atoms with van der Waals surface area (Å²) in [7, 11) is 1.96.